The van der Waals surface area contributed by atoms with Crippen molar-refractivity contribution in [2.45, 2.75) is 28.6 Å². The van der Waals surface area contributed by atoms with Crippen molar-refractivity contribution in [2.75, 3.05) is 11.1 Å². The van der Waals surface area contributed by atoms with Crippen molar-refractivity contribution in [3.63, 3.8) is 0 Å². The minimum absolute atomic E-state index is 0.0885. The summed E-state index contributed by atoms with van der Waals surface area (Å²) in [6, 6.07) is 13.0. The number of nitrogens with zero attached hydrogens (tertiary/aromatic N) is 2. The van der Waals surface area contributed by atoms with Crippen molar-refractivity contribution in [2.24, 2.45) is 0 Å². The number of hydrogen-bond acceptors (Lipinski definition) is 5. The van der Waals surface area contributed by atoms with E-state index in [0.29, 0.717) is 27.8 Å². The summed E-state index contributed by atoms with van der Waals surface area (Å²) in [7, 11) is 0. The van der Waals surface area contributed by atoms with E-state index in [2.05, 4.69) is 26.2 Å². The summed E-state index contributed by atoms with van der Waals surface area (Å²) in [4.78, 5) is 30.9. The smallest absolute Gasteiger partial charge is 0.272 e. The molecule has 0 saturated heterocycles. The number of carbonyl (C=O) groups excluding carboxylic acids is 1. The van der Waals surface area contributed by atoms with Gasteiger partial charge in [-0.25, -0.2) is 9.37 Å². The zero-order chi connectivity index (χ0) is 21.3. The van der Waals surface area contributed by atoms with Crippen LogP contribution >= 0.6 is 39.5 Å². The Morgan fingerprint density at radius 1 is 1.27 bits per heavy atom. The fourth-order valence-corrected chi connectivity index (χ4v) is 5.26. The number of rotatable bonds is 5. The second kappa shape index (κ2) is 8.95. The van der Waals surface area contributed by atoms with Crippen molar-refractivity contribution in [1.82, 2.24) is 9.55 Å². The molecular weight excluding hydrogens is 489 g/mol. The molecule has 1 unspecified atom stereocenters. The lowest BCUT2D eigenvalue weighted by atomic mass is 10.2. The molecule has 1 aliphatic heterocycles. The van der Waals surface area contributed by atoms with Crippen LogP contribution in [-0.2, 0) is 11.2 Å². The Hall–Kier alpha value is -2.10. The number of aromatic nitrogens is 2. The van der Waals surface area contributed by atoms with Crippen molar-refractivity contribution < 1.29 is 9.18 Å². The van der Waals surface area contributed by atoms with Gasteiger partial charge in [0.25, 0.3) is 5.56 Å². The average Bonchev–Trinajstić information content (AvgIpc) is 3.10. The summed E-state index contributed by atoms with van der Waals surface area (Å²) in [6.07, 6.45) is 0.706. The first kappa shape index (κ1) is 21.1. The molecular formula is C21H17BrFN3O2S2. The summed E-state index contributed by atoms with van der Waals surface area (Å²) in [6.45, 7) is 2.05. The van der Waals surface area contributed by atoms with E-state index in [0.717, 1.165) is 10.2 Å². The summed E-state index contributed by atoms with van der Waals surface area (Å²) in [5.74, 6) is -0.497. The molecule has 4 rings (SSSR count). The number of fused-ring (bicyclic) bond motifs is 1. The van der Waals surface area contributed by atoms with Crippen LogP contribution in [0.2, 0.25) is 0 Å². The van der Waals surface area contributed by atoms with Gasteiger partial charge < -0.3 is 5.32 Å². The van der Waals surface area contributed by atoms with E-state index in [-0.39, 0.29) is 28.3 Å². The molecule has 0 fully saturated rings. The maximum atomic E-state index is 13.4. The van der Waals surface area contributed by atoms with Gasteiger partial charge in [-0.05, 0) is 48.5 Å². The lowest BCUT2D eigenvalue weighted by Crippen LogP contribution is -2.24. The molecule has 5 nitrogen and oxygen atoms in total. The molecule has 3 aromatic rings. The second-order valence-electron chi connectivity index (χ2n) is 6.76. The summed E-state index contributed by atoms with van der Waals surface area (Å²) >= 11 is 6.05. The number of thioether (sulfide) groups is 2. The quantitative estimate of drug-likeness (QED) is 0.394. The molecule has 0 spiro atoms. The number of benzene rings is 2. The zero-order valence-electron chi connectivity index (χ0n) is 15.9. The second-order valence-corrected chi connectivity index (χ2v) is 10.1. The van der Waals surface area contributed by atoms with Gasteiger partial charge in [-0.15, -0.1) is 11.8 Å². The molecule has 9 heteroatoms. The van der Waals surface area contributed by atoms with Gasteiger partial charge in [0.05, 0.1) is 22.0 Å². The molecule has 0 saturated carbocycles. The highest BCUT2D eigenvalue weighted by Gasteiger charge is 2.27. The van der Waals surface area contributed by atoms with Crippen LogP contribution in [-0.4, -0.2) is 26.5 Å². The molecule has 0 radical (unpaired) electrons. The molecule has 2 heterocycles. The predicted octanol–water partition coefficient (Wildman–Crippen LogP) is 4.90. The molecule has 154 valence electrons. The van der Waals surface area contributed by atoms with Gasteiger partial charge in [0.15, 0.2) is 5.16 Å². The molecule has 2 aromatic carbocycles. The van der Waals surface area contributed by atoms with Crippen LogP contribution in [0.25, 0.3) is 5.69 Å². The average molecular weight is 506 g/mol. The zero-order valence-corrected chi connectivity index (χ0v) is 19.1. The van der Waals surface area contributed by atoms with Gasteiger partial charge in [0, 0.05) is 21.8 Å². The van der Waals surface area contributed by atoms with E-state index >= 15 is 0 Å². The third-order valence-electron chi connectivity index (χ3n) is 4.43. The Morgan fingerprint density at radius 2 is 1.97 bits per heavy atom. The van der Waals surface area contributed by atoms with Crippen LogP contribution in [0.1, 0.15) is 12.6 Å². The number of halogens is 2. The molecule has 1 atom stereocenters. The van der Waals surface area contributed by atoms with Crippen LogP contribution in [0.4, 0.5) is 10.1 Å². The number of hydrogen-bond donors (Lipinski definition) is 1. The van der Waals surface area contributed by atoms with E-state index < -0.39 is 0 Å². The van der Waals surface area contributed by atoms with Crippen molar-refractivity contribution in [3.8, 4) is 5.69 Å². The largest absolute Gasteiger partial charge is 0.325 e. The fourth-order valence-electron chi connectivity index (χ4n) is 3.08. The summed E-state index contributed by atoms with van der Waals surface area (Å²) in [5, 5.41) is 3.52. The molecule has 1 aromatic heterocycles. The Balaban J connectivity index is 1.61. The minimum atomic E-state index is -0.382. The first-order valence-electron chi connectivity index (χ1n) is 9.17. The van der Waals surface area contributed by atoms with Gasteiger partial charge in [0.1, 0.15) is 5.82 Å². The predicted molar refractivity (Wildman–Crippen MR) is 122 cm³/mol. The molecule has 1 amide bonds. The Kier molecular flexibility index (Phi) is 6.31. The summed E-state index contributed by atoms with van der Waals surface area (Å²) in [5.41, 5.74) is 1.78. The fraction of sp³-hybridized carbons (Fsp3) is 0.190. The van der Waals surface area contributed by atoms with Gasteiger partial charge in [-0.2, -0.15) is 0 Å². The van der Waals surface area contributed by atoms with Crippen LogP contribution < -0.4 is 10.9 Å². The maximum Gasteiger partial charge on any atom is 0.272 e. The molecule has 30 heavy (non-hydrogen) atoms. The highest BCUT2D eigenvalue weighted by Crippen LogP contribution is 2.34. The lowest BCUT2D eigenvalue weighted by molar-refractivity contribution is -0.113. The van der Waals surface area contributed by atoms with E-state index in [1.54, 1.807) is 24.3 Å². The van der Waals surface area contributed by atoms with E-state index in [1.165, 1.54) is 40.2 Å². The number of carbonyl (C=O) groups is 1. The number of anilines is 1. The van der Waals surface area contributed by atoms with Crippen LogP contribution in [0.15, 0.2) is 67.9 Å². The SMILES string of the molecule is CC1Cc2nc(SCC(=O)Nc3ccc(Br)cc3)n(-c3ccc(F)cc3)c(=O)c2S1. The first-order valence-corrected chi connectivity index (χ1v) is 11.8. The third-order valence-corrected chi connectivity index (χ3v) is 7.11. The normalized spacial score (nSPS) is 15.1. The Bertz CT molecular complexity index is 1150. The maximum absolute atomic E-state index is 13.4. The van der Waals surface area contributed by atoms with Crippen molar-refractivity contribution in [3.05, 3.63) is 74.9 Å². The molecule has 1 N–H and O–H groups in total. The standard InChI is InChI=1S/C21H17BrFN3O2S2/c1-12-10-17-19(30-12)20(28)26(16-8-4-14(23)5-9-16)21(25-17)29-11-18(27)24-15-6-2-13(22)3-7-15/h2-9,12H,10-11H2,1H3,(H,24,27). The minimum Gasteiger partial charge on any atom is -0.325 e. The van der Waals surface area contributed by atoms with Crippen LogP contribution in [0, 0.1) is 5.82 Å². The van der Waals surface area contributed by atoms with Crippen LogP contribution in [0.5, 0.6) is 0 Å². The number of nitrogens with one attached hydrogen (secondary N) is 1. The lowest BCUT2D eigenvalue weighted by Gasteiger charge is -2.13. The van der Waals surface area contributed by atoms with E-state index in [4.69, 9.17) is 0 Å². The van der Waals surface area contributed by atoms with E-state index in [1.807, 2.05) is 19.1 Å². The molecule has 1 aliphatic rings. The van der Waals surface area contributed by atoms with Crippen LogP contribution in [0.3, 0.4) is 0 Å². The van der Waals surface area contributed by atoms with Gasteiger partial charge in [0.2, 0.25) is 5.91 Å². The summed E-state index contributed by atoms with van der Waals surface area (Å²) < 4.78 is 15.8. The topological polar surface area (TPSA) is 64.0 Å². The first-order chi connectivity index (χ1) is 14.4. The van der Waals surface area contributed by atoms with Gasteiger partial charge >= 0.3 is 0 Å². The van der Waals surface area contributed by atoms with Gasteiger partial charge in [-0.3, -0.25) is 14.2 Å². The Labute approximate surface area is 189 Å². The molecule has 0 aliphatic carbocycles. The Morgan fingerprint density at radius 3 is 2.67 bits per heavy atom. The molecule has 0 bridgehead atoms. The highest BCUT2D eigenvalue weighted by molar-refractivity contribution is 9.10. The third kappa shape index (κ3) is 4.63. The highest BCUT2D eigenvalue weighted by atomic mass is 79.9. The number of amides is 1. The van der Waals surface area contributed by atoms with E-state index in [9.17, 15) is 14.0 Å². The van der Waals surface area contributed by atoms with Crippen molar-refractivity contribution in [1.29, 1.82) is 0 Å². The van der Waals surface area contributed by atoms with Gasteiger partial charge in [-0.1, -0.05) is 34.6 Å². The monoisotopic (exact) mass is 505 g/mol. The van der Waals surface area contributed by atoms with Crippen molar-refractivity contribution >= 4 is 51.0 Å².